The van der Waals surface area contributed by atoms with Gasteiger partial charge in [0.15, 0.2) is 12.2 Å². The van der Waals surface area contributed by atoms with Crippen LogP contribution in [0, 0.1) is 13.8 Å². The van der Waals surface area contributed by atoms with Gasteiger partial charge >= 0.3 is 11.9 Å². The average Bonchev–Trinajstić information content (AvgIpc) is 1.36. The third kappa shape index (κ3) is 21.7. The summed E-state index contributed by atoms with van der Waals surface area (Å²) in [4.78, 5) is 118. The molecule has 1 saturated heterocycles. The topological polar surface area (TPSA) is 392 Å². The van der Waals surface area contributed by atoms with Crippen LogP contribution in [-0.2, 0) is 52.4 Å². The lowest BCUT2D eigenvalue weighted by atomic mass is 10.1. The number of aliphatic hydroxyl groups is 2. The number of imidazole rings is 1. The molecule has 0 spiro atoms. The number of ether oxygens (including phenoxy) is 1. The number of amides is 5. The van der Waals surface area contributed by atoms with E-state index in [1.165, 1.54) is 32.2 Å². The van der Waals surface area contributed by atoms with Gasteiger partial charge in [0.1, 0.15) is 29.4 Å². The first-order chi connectivity index (χ1) is 40.9. The van der Waals surface area contributed by atoms with Gasteiger partial charge in [-0.1, -0.05) is 26.8 Å². The molecule has 0 saturated carbocycles. The summed E-state index contributed by atoms with van der Waals surface area (Å²) < 4.78 is 36.9. The molecule has 2 aromatic heterocycles. The number of pyridine rings is 1. The summed E-state index contributed by atoms with van der Waals surface area (Å²) in [6.45, 7) is 12.5. The molecular weight excluding hydrogens is 1140 g/mol. The summed E-state index contributed by atoms with van der Waals surface area (Å²) in [5.41, 5.74) is 0.961. The second-order valence-electron chi connectivity index (χ2n) is 21.0. The first-order valence-electron chi connectivity index (χ1n) is 28.7. The van der Waals surface area contributed by atoms with Crippen molar-refractivity contribution in [2.45, 2.75) is 96.2 Å². The van der Waals surface area contributed by atoms with Crippen LogP contribution < -0.4 is 46.8 Å². The van der Waals surface area contributed by atoms with E-state index in [-0.39, 0.29) is 97.9 Å². The van der Waals surface area contributed by atoms with Crippen LogP contribution >= 0.6 is 0 Å². The van der Waals surface area contributed by atoms with Crippen molar-refractivity contribution in [3.8, 4) is 5.75 Å². The molecule has 3 atom stereocenters. The van der Waals surface area contributed by atoms with E-state index in [0.717, 1.165) is 5.56 Å². The quantitative estimate of drug-likeness (QED) is 0.0201. The molecule has 12 N–H and O–H groups in total. The average molecular weight is 1230 g/mol. The maximum Gasteiger partial charge on any atom is 0.323 e. The zero-order valence-electron chi connectivity index (χ0n) is 49.6. The fourth-order valence-electron chi connectivity index (χ4n) is 9.74. The van der Waals surface area contributed by atoms with Gasteiger partial charge in [0, 0.05) is 123 Å². The number of sulfonamides is 1. The highest BCUT2D eigenvalue weighted by Crippen LogP contribution is 2.26. The van der Waals surface area contributed by atoms with Gasteiger partial charge in [-0.3, -0.25) is 53.1 Å². The van der Waals surface area contributed by atoms with E-state index in [0.29, 0.717) is 82.7 Å². The van der Waals surface area contributed by atoms with Gasteiger partial charge in [0.05, 0.1) is 30.1 Å². The molecule has 1 aliphatic rings. The third-order valence-electron chi connectivity index (χ3n) is 14.4. The normalized spacial score (nSPS) is 15.4. The van der Waals surface area contributed by atoms with Gasteiger partial charge in [0.25, 0.3) is 5.91 Å². The number of aromatic nitrogens is 3. The molecule has 4 aromatic rings. The number of carbonyl (C=O) groups is 7. The number of carboxylic acids is 2. The Morgan fingerprint density at radius 2 is 1.37 bits per heavy atom. The number of rotatable bonds is 31. The Kier molecular flexibility index (Phi) is 27.3. The Morgan fingerprint density at radius 3 is 1.97 bits per heavy atom. The number of nitrogens with zero attached hydrogens (tertiary/aromatic N) is 6. The number of carboxylic acid groups (broad SMARTS) is 2. The van der Waals surface area contributed by atoms with Gasteiger partial charge in [-0.15, -0.1) is 0 Å². The third-order valence-corrected chi connectivity index (χ3v) is 16.2. The van der Waals surface area contributed by atoms with E-state index in [2.05, 4.69) is 51.5 Å². The predicted molar refractivity (Wildman–Crippen MR) is 318 cm³/mol. The molecule has 29 nitrogen and oxygen atoms in total. The number of benzene rings is 2. The Morgan fingerprint density at radius 1 is 0.756 bits per heavy atom. The summed E-state index contributed by atoms with van der Waals surface area (Å²) in [7, 11) is -2.85. The Bertz CT molecular complexity index is 3100. The maximum atomic E-state index is 13.7. The molecule has 3 heterocycles. The van der Waals surface area contributed by atoms with Crippen molar-refractivity contribution in [1.82, 2.24) is 65.4 Å². The fourth-order valence-corrected chi connectivity index (χ4v) is 11.4. The minimum atomic E-state index is -4.50. The van der Waals surface area contributed by atoms with Crippen molar-refractivity contribution >= 4 is 68.3 Å². The molecule has 30 heteroatoms. The summed E-state index contributed by atoms with van der Waals surface area (Å²) in [6, 6.07) is 4.30. The lowest BCUT2D eigenvalue weighted by Crippen LogP contribution is -2.55. The lowest BCUT2D eigenvalue weighted by molar-refractivity contribution is -0.139. The second kappa shape index (κ2) is 33.9. The highest BCUT2D eigenvalue weighted by Gasteiger charge is 2.30. The minimum absolute atomic E-state index is 0.0470. The standard InChI is InChI=1S/C56H84N14O15S/c1-7-42(64-54(80)43(8-2)63-47(72)33-68-20-18-67(9-3)19-21-69(34-48(73)74)24-25-70(23-22-68)35-49(75)76)53(79)58-15-14-57-46(71)11-10-26-85-39-27-36(4)51(37(5)28-39)86(83,84)65-44(55(81)82)31-61-52(78)41-32-66(6)45-29-38(12-13-40(45)50(41)77)30-62-56-59-16-17-60-56/h12-13,16-17,27-29,32,42-44,49,65,75-76H,7-11,14-15,18-26,30-31,33-35H2,1-6H3,(H,57,71)(H,58,79)(H,61,78)(H,63,72)(H,64,80)(H,73,74)(H,81,82)(H2,59,60,62)/t42-,43-,44?/m0/s1. The van der Waals surface area contributed by atoms with E-state index >= 15 is 0 Å². The summed E-state index contributed by atoms with van der Waals surface area (Å²) >= 11 is 0. The number of hydrogen-bond donors (Lipinski definition) is 12. The van der Waals surface area contributed by atoms with Gasteiger partial charge in [0.2, 0.25) is 39.1 Å². The van der Waals surface area contributed by atoms with Crippen molar-refractivity contribution in [3.63, 3.8) is 0 Å². The SMILES string of the molecule is CC[C@H](NC(=O)CN1CCN(CC)CCN(CC(=O)O)CCN(CC(O)O)CC1)C(=O)N[C@@H](CC)C(=O)NCCNC(=O)CCCOc1cc(C)c(S(=O)(=O)NC(CNC(=O)c2cn(C)c3cc(CNc4ncc[nH]4)ccc3c2=O)C(=O)O)c(C)c1. The van der Waals surface area contributed by atoms with E-state index < -0.39 is 82.0 Å². The van der Waals surface area contributed by atoms with E-state index in [1.807, 2.05) is 16.7 Å². The van der Waals surface area contributed by atoms with E-state index in [1.54, 1.807) is 61.0 Å². The molecule has 1 fully saturated rings. The van der Waals surface area contributed by atoms with Crippen molar-refractivity contribution < 1.29 is 67.1 Å². The monoisotopic (exact) mass is 1220 g/mol. The van der Waals surface area contributed by atoms with Gasteiger partial charge in [-0.05, 0) is 80.6 Å². The lowest BCUT2D eigenvalue weighted by Gasteiger charge is -2.33. The highest BCUT2D eigenvalue weighted by atomic mass is 32.2. The first-order valence-corrected chi connectivity index (χ1v) is 30.1. The molecule has 5 rings (SSSR count). The molecule has 474 valence electrons. The number of aliphatic hydroxyl groups excluding tert-OH is 1. The molecule has 2 aromatic carbocycles. The number of fused-ring (bicyclic) bond motifs is 1. The van der Waals surface area contributed by atoms with Gasteiger partial charge in [-0.25, -0.2) is 13.4 Å². The molecule has 86 heavy (non-hydrogen) atoms. The Hall–Kier alpha value is -7.58. The first kappa shape index (κ1) is 69.2. The number of H-pyrrole nitrogens is 1. The maximum absolute atomic E-state index is 13.7. The summed E-state index contributed by atoms with van der Waals surface area (Å²) in [5, 5.41) is 55.6. The van der Waals surface area contributed by atoms with Crippen LogP contribution in [0.1, 0.15) is 73.5 Å². The Balaban J connectivity index is 1.03. The number of hydrogen-bond acceptors (Lipinski definition) is 19. The van der Waals surface area contributed by atoms with Crippen LogP contribution in [0.3, 0.4) is 0 Å². The molecular formula is C56H84N14O15S. The number of likely N-dealkylation sites (N-methyl/N-ethyl adjacent to an activating group) is 1. The number of aliphatic carboxylic acids is 2. The number of aryl methyl sites for hydroxylation is 3. The molecule has 5 amide bonds. The number of anilines is 1. The number of nitrogens with one attached hydrogen (secondary N) is 8. The molecule has 1 unspecified atom stereocenters. The van der Waals surface area contributed by atoms with Crippen molar-refractivity contribution in [3.05, 3.63) is 81.4 Å². The smallest absolute Gasteiger partial charge is 0.323 e. The number of β-amino-alcohol motifs (C(OH)–C–C–N with tert-alkyl or cyclic N) is 2. The highest BCUT2D eigenvalue weighted by molar-refractivity contribution is 7.89. The van der Waals surface area contributed by atoms with Crippen LogP contribution in [0.15, 0.2) is 58.6 Å². The molecule has 0 radical (unpaired) electrons. The van der Waals surface area contributed by atoms with Gasteiger partial charge < -0.3 is 71.5 Å². The van der Waals surface area contributed by atoms with Crippen LogP contribution in [0.4, 0.5) is 5.95 Å². The molecule has 1 aliphatic heterocycles. The van der Waals surface area contributed by atoms with Crippen LogP contribution in [0.25, 0.3) is 10.9 Å². The van der Waals surface area contributed by atoms with Crippen molar-refractivity contribution in [2.75, 3.05) is 110 Å². The van der Waals surface area contributed by atoms with Crippen molar-refractivity contribution in [2.24, 2.45) is 7.05 Å². The number of aromatic amines is 1. The predicted octanol–water partition coefficient (Wildman–Crippen LogP) is -1.53. The number of carbonyl (C=O) groups excluding carboxylic acids is 5. The Labute approximate surface area is 499 Å². The summed E-state index contributed by atoms with van der Waals surface area (Å²) in [5.74, 6) is -4.36. The van der Waals surface area contributed by atoms with Crippen LogP contribution in [0.2, 0.25) is 0 Å². The van der Waals surface area contributed by atoms with Gasteiger partial charge in [-0.2, -0.15) is 4.72 Å². The van der Waals surface area contributed by atoms with Crippen LogP contribution in [0.5, 0.6) is 5.75 Å². The minimum Gasteiger partial charge on any atom is -0.494 e. The van der Waals surface area contributed by atoms with E-state index in [9.17, 15) is 67.2 Å². The van der Waals surface area contributed by atoms with Crippen LogP contribution in [-0.4, -0.2) is 234 Å². The summed E-state index contributed by atoms with van der Waals surface area (Å²) in [6.07, 6.45) is 3.77. The van der Waals surface area contributed by atoms with Crippen molar-refractivity contribution in [1.29, 1.82) is 0 Å². The molecule has 0 bridgehead atoms. The fraction of sp³-hybridized carbons (Fsp3) is 0.554. The van der Waals surface area contributed by atoms with E-state index in [4.69, 9.17) is 4.74 Å². The molecule has 0 aliphatic carbocycles. The zero-order chi connectivity index (χ0) is 63.1. The zero-order valence-corrected chi connectivity index (χ0v) is 50.5. The largest absolute Gasteiger partial charge is 0.494 e. The second-order valence-corrected chi connectivity index (χ2v) is 22.6.